The van der Waals surface area contributed by atoms with Gasteiger partial charge in [0.15, 0.2) is 5.78 Å². The van der Waals surface area contributed by atoms with E-state index in [4.69, 9.17) is 5.73 Å². The molecule has 1 aromatic heterocycles. The summed E-state index contributed by atoms with van der Waals surface area (Å²) >= 11 is 0. The monoisotopic (exact) mass is 393 g/mol. The molecule has 1 amide bonds. The predicted molar refractivity (Wildman–Crippen MR) is 116 cm³/mol. The van der Waals surface area contributed by atoms with Gasteiger partial charge in [0.1, 0.15) is 0 Å². The minimum atomic E-state index is -0.419. The topological polar surface area (TPSA) is 77.1 Å². The maximum Gasteiger partial charge on any atom is 0.250 e. The Bertz CT molecular complexity index is 965. The molecule has 0 bridgehead atoms. The lowest BCUT2D eigenvalue weighted by atomic mass is 9.76. The number of rotatable bonds is 4. The lowest BCUT2D eigenvalue weighted by molar-refractivity contribution is 0.0910. The van der Waals surface area contributed by atoms with E-state index in [9.17, 15) is 9.59 Å². The van der Waals surface area contributed by atoms with Crippen LogP contribution in [0.2, 0.25) is 0 Å². The van der Waals surface area contributed by atoms with Crippen molar-refractivity contribution in [2.45, 2.75) is 71.8 Å². The third kappa shape index (κ3) is 3.83. The van der Waals surface area contributed by atoms with Crippen LogP contribution in [-0.4, -0.2) is 22.3 Å². The number of hydrogen-bond donors (Lipinski definition) is 2. The number of amides is 1. The van der Waals surface area contributed by atoms with Gasteiger partial charge in [0.25, 0.3) is 5.91 Å². The van der Waals surface area contributed by atoms with Crippen LogP contribution >= 0.6 is 0 Å². The molecule has 0 saturated heterocycles. The highest BCUT2D eigenvalue weighted by Gasteiger charge is 2.34. The third-order valence-corrected chi connectivity index (χ3v) is 6.36. The largest absolute Gasteiger partial charge is 0.382 e. The summed E-state index contributed by atoms with van der Waals surface area (Å²) < 4.78 is 2.17. The quantitative estimate of drug-likeness (QED) is 0.784. The number of fused-ring (bicyclic) bond motifs is 1. The Morgan fingerprint density at radius 2 is 1.86 bits per heavy atom. The van der Waals surface area contributed by atoms with E-state index in [0.29, 0.717) is 18.0 Å². The number of nitrogens with one attached hydrogen (secondary N) is 1. The molecule has 2 aliphatic carbocycles. The molecule has 0 radical (unpaired) electrons. The van der Waals surface area contributed by atoms with Gasteiger partial charge in [-0.3, -0.25) is 9.59 Å². The molecular weight excluding hydrogens is 362 g/mol. The Balaban J connectivity index is 1.77. The van der Waals surface area contributed by atoms with Crippen LogP contribution in [0.25, 0.3) is 5.69 Å². The van der Waals surface area contributed by atoms with Gasteiger partial charge in [-0.15, -0.1) is 0 Å². The van der Waals surface area contributed by atoms with Gasteiger partial charge in [0, 0.05) is 40.8 Å². The van der Waals surface area contributed by atoms with E-state index >= 15 is 0 Å². The van der Waals surface area contributed by atoms with Crippen LogP contribution in [0.3, 0.4) is 0 Å². The predicted octanol–water partition coefficient (Wildman–Crippen LogP) is 4.78. The van der Waals surface area contributed by atoms with Crippen LogP contribution < -0.4 is 11.1 Å². The second kappa shape index (κ2) is 7.36. The summed E-state index contributed by atoms with van der Waals surface area (Å²) in [4.78, 5) is 24.7. The number of anilines is 1. The third-order valence-electron chi connectivity index (χ3n) is 6.36. The molecule has 0 atom stereocenters. The average molecular weight is 394 g/mol. The van der Waals surface area contributed by atoms with Crippen LogP contribution in [0, 0.1) is 12.3 Å². The second-order valence-corrected chi connectivity index (χ2v) is 9.50. The molecule has 154 valence electrons. The summed E-state index contributed by atoms with van der Waals surface area (Å²) in [5, 5.41) is 3.58. The summed E-state index contributed by atoms with van der Waals surface area (Å²) in [6.45, 7) is 6.33. The number of Topliss-reactive ketones (excluding diaryl/α,β-unsaturated/α-hetero) is 1. The van der Waals surface area contributed by atoms with Gasteiger partial charge in [-0.05, 0) is 55.9 Å². The van der Waals surface area contributed by atoms with E-state index in [1.54, 1.807) is 0 Å². The number of primary amides is 1. The summed E-state index contributed by atoms with van der Waals surface area (Å²) in [6.07, 6.45) is 7.37. The maximum absolute atomic E-state index is 12.7. The van der Waals surface area contributed by atoms with Crippen molar-refractivity contribution in [1.82, 2.24) is 4.57 Å². The Kier molecular flexibility index (Phi) is 5.01. The number of ketones is 1. The number of aryl methyl sites for hydroxylation is 1. The van der Waals surface area contributed by atoms with E-state index in [1.807, 2.05) is 31.2 Å². The van der Waals surface area contributed by atoms with Crippen molar-refractivity contribution in [2.24, 2.45) is 11.1 Å². The lowest BCUT2D eigenvalue weighted by Crippen LogP contribution is -2.28. The second-order valence-electron chi connectivity index (χ2n) is 9.50. The van der Waals surface area contributed by atoms with Gasteiger partial charge in [0.2, 0.25) is 0 Å². The van der Waals surface area contributed by atoms with Crippen molar-refractivity contribution in [2.75, 3.05) is 5.32 Å². The van der Waals surface area contributed by atoms with Gasteiger partial charge in [-0.25, -0.2) is 0 Å². The van der Waals surface area contributed by atoms with E-state index in [2.05, 4.69) is 23.7 Å². The molecule has 5 heteroatoms. The average Bonchev–Trinajstić information content (AvgIpc) is 2.97. The Morgan fingerprint density at radius 1 is 1.14 bits per heavy atom. The Labute approximate surface area is 172 Å². The van der Waals surface area contributed by atoms with Crippen LogP contribution in [0.4, 0.5) is 5.69 Å². The summed E-state index contributed by atoms with van der Waals surface area (Å²) in [7, 11) is 0. The van der Waals surface area contributed by atoms with Gasteiger partial charge in [-0.2, -0.15) is 0 Å². The Morgan fingerprint density at radius 3 is 2.55 bits per heavy atom. The summed E-state index contributed by atoms with van der Waals surface area (Å²) in [5.41, 5.74) is 10.8. The molecule has 5 nitrogen and oxygen atoms in total. The highest BCUT2D eigenvalue weighted by molar-refractivity contribution is 6.00. The first-order valence-electron chi connectivity index (χ1n) is 10.7. The number of nitrogens with two attached hydrogens (primary N) is 1. The van der Waals surface area contributed by atoms with Crippen molar-refractivity contribution in [3.63, 3.8) is 0 Å². The Hall–Kier alpha value is -2.56. The number of aromatic nitrogens is 1. The highest BCUT2D eigenvalue weighted by atomic mass is 16.1. The van der Waals surface area contributed by atoms with Gasteiger partial charge < -0.3 is 15.6 Å². The number of carbonyl (C=O) groups is 2. The number of nitrogens with zero attached hydrogens (tertiary/aromatic N) is 1. The van der Waals surface area contributed by atoms with E-state index in [-0.39, 0.29) is 11.2 Å². The molecule has 1 aromatic carbocycles. The zero-order chi connectivity index (χ0) is 20.8. The van der Waals surface area contributed by atoms with E-state index < -0.39 is 5.91 Å². The number of carbonyl (C=O) groups excluding carboxylic acids is 2. The molecule has 4 rings (SSSR count). The van der Waals surface area contributed by atoms with Crippen molar-refractivity contribution in [3.05, 3.63) is 46.8 Å². The van der Waals surface area contributed by atoms with E-state index in [1.165, 1.54) is 19.3 Å². The summed E-state index contributed by atoms with van der Waals surface area (Å²) in [5.74, 6) is -0.204. The molecule has 3 N–H and O–H groups in total. The molecule has 1 heterocycles. The van der Waals surface area contributed by atoms with Crippen molar-refractivity contribution < 1.29 is 9.59 Å². The molecular formula is C24H31N3O2. The van der Waals surface area contributed by atoms with Gasteiger partial charge in [0.05, 0.1) is 5.56 Å². The zero-order valence-electron chi connectivity index (χ0n) is 17.7. The molecule has 2 aliphatic rings. The maximum atomic E-state index is 12.7. The molecule has 1 fully saturated rings. The molecule has 2 aromatic rings. The first-order valence-corrected chi connectivity index (χ1v) is 10.7. The van der Waals surface area contributed by atoms with Crippen LogP contribution in [0.15, 0.2) is 24.3 Å². The molecule has 0 aliphatic heterocycles. The van der Waals surface area contributed by atoms with Crippen LogP contribution in [-0.2, 0) is 6.42 Å². The first kappa shape index (κ1) is 19.7. The fourth-order valence-electron chi connectivity index (χ4n) is 4.98. The lowest BCUT2D eigenvalue weighted by Gasteiger charge is -2.30. The first-order chi connectivity index (χ1) is 13.7. The minimum absolute atomic E-state index is 0.0526. The van der Waals surface area contributed by atoms with Crippen LogP contribution in [0.5, 0.6) is 0 Å². The van der Waals surface area contributed by atoms with Crippen molar-refractivity contribution in [3.8, 4) is 5.69 Å². The molecule has 0 unspecified atom stereocenters. The number of benzene rings is 1. The van der Waals surface area contributed by atoms with Crippen molar-refractivity contribution in [1.29, 1.82) is 0 Å². The fourth-order valence-corrected chi connectivity index (χ4v) is 4.98. The summed E-state index contributed by atoms with van der Waals surface area (Å²) in [6, 6.07) is 8.14. The molecule has 0 spiro atoms. The minimum Gasteiger partial charge on any atom is -0.382 e. The van der Waals surface area contributed by atoms with E-state index in [0.717, 1.165) is 47.6 Å². The highest BCUT2D eigenvalue weighted by Crippen LogP contribution is 2.38. The fraction of sp³-hybridized carbons (Fsp3) is 0.500. The smallest absolute Gasteiger partial charge is 0.250 e. The van der Waals surface area contributed by atoms with Crippen molar-refractivity contribution >= 4 is 17.4 Å². The zero-order valence-corrected chi connectivity index (χ0v) is 17.7. The van der Waals surface area contributed by atoms with Gasteiger partial charge >= 0.3 is 0 Å². The molecule has 1 saturated carbocycles. The molecule has 29 heavy (non-hydrogen) atoms. The number of hydrogen-bond acceptors (Lipinski definition) is 3. The van der Waals surface area contributed by atoms with Crippen LogP contribution in [0.1, 0.15) is 84.5 Å². The normalized spacial score (nSPS) is 19.1. The standard InChI is InChI=1S/C24H31N3O2/c1-15-11-19-21(13-24(2,3)14-22(19)28)27(15)17-9-10-18(23(25)29)20(12-17)26-16-7-5-4-6-8-16/h9-12,16,26H,4-8,13-14H2,1-3H3,(H2,25,29). The SMILES string of the molecule is Cc1cc2c(n1-c1ccc(C(N)=O)c(NC3CCCCC3)c1)CC(C)(C)CC2=O. The van der Waals surface area contributed by atoms with Gasteiger partial charge in [-0.1, -0.05) is 33.1 Å².